The van der Waals surface area contributed by atoms with Crippen molar-refractivity contribution in [1.29, 1.82) is 5.26 Å². The highest BCUT2D eigenvalue weighted by Crippen LogP contribution is 2.05. The summed E-state index contributed by atoms with van der Waals surface area (Å²) in [5.41, 5.74) is 0. The van der Waals surface area contributed by atoms with Gasteiger partial charge in [-0.15, -0.1) is 0 Å². The monoisotopic (exact) mass is 247 g/mol. The Hall–Kier alpha value is -0.640. The van der Waals surface area contributed by atoms with Gasteiger partial charge < -0.3 is 0 Å². The van der Waals surface area contributed by atoms with Crippen LogP contribution < -0.4 is 4.72 Å². The summed E-state index contributed by atoms with van der Waals surface area (Å²) in [6, 6.07) is 1.83. The number of hydrogen-bond acceptors (Lipinski definition) is 3. The van der Waals surface area contributed by atoms with E-state index in [9.17, 15) is 8.42 Å². The minimum absolute atomic E-state index is 0.137. The average Bonchev–Trinajstić information content (AvgIpc) is 2.09. The minimum atomic E-state index is -3.46. The smallest absolute Gasteiger partial charge is 0.200 e. The molecule has 0 aromatic heterocycles. The van der Waals surface area contributed by atoms with E-state index < -0.39 is 10.2 Å². The van der Waals surface area contributed by atoms with Gasteiger partial charge in [0.25, 0.3) is 10.2 Å². The second-order valence-corrected chi connectivity index (χ2v) is 6.14. The molecule has 0 rings (SSSR count). The van der Waals surface area contributed by atoms with Gasteiger partial charge in [-0.2, -0.15) is 22.7 Å². The van der Waals surface area contributed by atoms with Gasteiger partial charge in [0.15, 0.2) is 0 Å². The maximum absolute atomic E-state index is 11.9. The van der Waals surface area contributed by atoms with E-state index in [0.717, 1.165) is 0 Å². The highest BCUT2D eigenvalue weighted by Gasteiger charge is 2.22. The highest BCUT2D eigenvalue weighted by molar-refractivity contribution is 7.87. The molecule has 0 aromatic rings. The summed E-state index contributed by atoms with van der Waals surface area (Å²) in [6.45, 7) is 8.12. The molecule has 0 amide bonds. The maximum Gasteiger partial charge on any atom is 0.279 e. The fraction of sp³-hybridized carbons (Fsp3) is 0.900. The number of nitriles is 1. The van der Waals surface area contributed by atoms with Crippen LogP contribution >= 0.6 is 0 Å². The van der Waals surface area contributed by atoms with Gasteiger partial charge in [0.1, 0.15) is 0 Å². The molecule has 0 unspecified atom stereocenters. The molecule has 0 aromatic carbocycles. The van der Waals surface area contributed by atoms with Crippen LogP contribution in [-0.4, -0.2) is 31.9 Å². The van der Waals surface area contributed by atoms with Crippen LogP contribution in [-0.2, 0) is 10.2 Å². The molecule has 0 heterocycles. The Bertz CT molecular complexity index is 330. The maximum atomic E-state index is 11.9. The number of hydrogen-bond donors (Lipinski definition) is 1. The van der Waals surface area contributed by atoms with E-state index in [4.69, 9.17) is 5.26 Å². The lowest BCUT2D eigenvalue weighted by Crippen LogP contribution is -2.45. The van der Waals surface area contributed by atoms with Gasteiger partial charge in [0.05, 0.1) is 6.07 Å². The third-order valence-electron chi connectivity index (χ3n) is 1.77. The van der Waals surface area contributed by atoms with E-state index in [1.54, 1.807) is 13.8 Å². The Morgan fingerprint density at radius 2 is 1.88 bits per heavy atom. The van der Waals surface area contributed by atoms with Crippen molar-refractivity contribution in [2.75, 3.05) is 13.1 Å². The van der Waals surface area contributed by atoms with E-state index in [-0.39, 0.29) is 24.9 Å². The highest BCUT2D eigenvalue weighted by atomic mass is 32.2. The molecule has 0 aliphatic rings. The van der Waals surface area contributed by atoms with Gasteiger partial charge in [-0.1, -0.05) is 13.8 Å². The largest absolute Gasteiger partial charge is 0.279 e. The van der Waals surface area contributed by atoms with E-state index in [1.807, 2.05) is 19.9 Å². The molecule has 0 spiro atoms. The van der Waals surface area contributed by atoms with Crippen LogP contribution in [0.2, 0.25) is 0 Å². The SMILES string of the molecule is CC(C)CN(CCC#N)S(=O)(=O)NC(C)C. The first-order valence-electron chi connectivity index (χ1n) is 5.44. The summed E-state index contributed by atoms with van der Waals surface area (Å²) < 4.78 is 27.6. The molecular formula is C10H21N3O2S. The van der Waals surface area contributed by atoms with Crippen LogP contribution in [0, 0.1) is 17.2 Å². The van der Waals surface area contributed by atoms with Crippen molar-refractivity contribution in [1.82, 2.24) is 9.03 Å². The Labute approximate surface area is 98.6 Å². The molecule has 0 aliphatic heterocycles. The summed E-state index contributed by atoms with van der Waals surface area (Å²) in [4.78, 5) is 0. The third-order valence-corrected chi connectivity index (χ3v) is 3.55. The van der Waals surface area contributed by atoms with E-state index in [0.29, 0.717) is 6.54 Å². The first kappa shape index (κ1) is 15.4. The molecule has 0 atom stereocenters. The summed E-state index contributed by atoms with van der Waals surface area (Å²) in [5.74, 6) is 0.238. The van der Waals surface area contributed by atoms with Crippen molar-refractivity contribution in [3.8, 4) is 6.07 Å². The van der Waals surface area contributed by atoms with Crippen LogP contribution in [0.25, 0.3) is 0 Å². The number of nitrogens with zero attached hydrogens (tertiary/aromatic N) is 2. The summed E-state index contributed by atoms with van der Waals surface area (Å²) in [6.07, 6.45) is 0.214. The van der Waals surface area contributed by atoms with Crippen LogP contribution in [0.5, 0.6) is 0 Å². The Morgan fingerprint density at radius 3 is 2.25 bits per heavy atom. The quantitative estimate of drug-likeness (QED) is 0.732. The molecule has 94 valence electrons. The summed E-state index contributed by atoms with van der Waals surface area (Å²) in [7, 11) is -3.46. The molecule has 0 bridgehead atoms. The number of rotatable bonds is 7. The van der Waals surface area contributed by atoms with Gasteiger partial charge in [-0.25, -0.2) is 0 Å². The first-order valence-corrected chi connectivity index (χ1v) is 6.88. The summed E-state index contributed by atoms with van der Waals surface area (Å²) in [5, 5.41) is 8.50. The first-order chi connectivity index (χ1) is 7.29. The third kappa shape index (κ3) is 6.05. The van der Waals surface area contributed by atoms with Crippen LogP contribution in [0.15, 0.2) is 0 Å². The minimum Gasteiger partial charge on any atom is -0.200 e. The second-order valence-electron chi connectivity index (χ2n) is 4.44. The Morgan fingerprint density at radius 1 is 1.31 bits per heavy atom. The molecule has 16 heavy (non-hydrogen) atoms. The van der Waals surface area contributed by atoms with E-state index in [1.165, 1.54) is 4.31 Å². The zero-order valence-electron chi connectivity index (χ0n) is 10.4. The molecule has 0 aliphatic carbocycles. The fourth-order valence-corrected chi connectivity index (χ4v) is 2.83. The van der Waals surface area contributed by atoms with Crippen molar-refractivity contribution < 1.29 is 8.42 Å². The van der Waals surface area contributed by atoms with E-state index >= 15 is 0 Å². The van der Waals surface area contributed by atoms with Crippen molar-refractivity contribution in [3.05, 3.63) is 0 Å². The second kappa shape index (κ2) is 6.84. The van der Waals surface area contributed by atoms with Crippen LogP contribution in [0.1, 0.15) is 34.1 Å². The Balaban J connectivity index is 4.67. The molecule has 1 N–H and O–H groups in total. The average molecular weight is 247 g/mol. The topological polar surface area (TPSA) is 73.2 Å². The molecule has 5 nitrogen and oxygen atoms in total. The molecule has 0 saturated carbocycles. The standard InChI is InChI=1S/C10H21N3O2S/c1-9(2)8-13(7-5-6-11)16(14,15)12-10(3)4/h9-10,12H,5,7-8H2,1-4H3. The van der Waals surface area contributed by atoms with E-state index in [2.05, 4.69) is 4.72 Å². The molecule has 0 saturated heterocycles. The van der Waals surface area contributed by atoms with Crippen LogP contribution in [0.3, 0.4) is 0 Å². The lowest BCUT2D eigenvalue weighted by molar-refractivity contribution is 0.364. The molecule has 0 radical (unpaired) electrons. The predicted molar refractivity (Wildman–Crippen MR) is 63.8 cm³/mol. The molecule has 0 fully saturated rings. The van der Waals surface area contributed by atoms with Gasteiger partial charge in [-0.3, -0.25) is 0 Å². The number of nitrogens with one attached hydrogen (secondary N) is 1. The van der Waals surface area contributed by atoms with Crippen molar-refractivity contribution in [2.45, 2.75) is 40.2 Å². The lowest BCUT2D eigenvalue weighted by Gasteiger charge is -2.24. The predicted octanol–water partition coefficient (Wildman–Crippen LogP) is 1.10. The zero-order chi connectivity index (χ0) is 12.8. The van der Waals surface area contributed by atoms with Crippen molar-refractivity contribution >= 4 is 10.2 Å². The fourth-order valence-electron chi connectivity index (χ4n) is 1.26. The van der Waals surface area contributed by atoms with Crippen molar-refractivity contribution in [2.24, 2.45) is 5.92 Å². The van der Waals surface area contributed by atoms with Crippen LogP contribution in [0.4, 0.5) is 0 Å². The van der Waals surface area contributed by atoms with Gasteiger partial charge >= 0.3 is 0 Å². The Kier molecular flexibility index (Phi) is 6.56. The summed E-state index contributed by atoms with van der Waals surface area (Å²) >= 11 is 0. The zero-order valence-corrected chi connectivity index (χ0v) is 11.2. The molecular weight excluding hydrogens is 226 g/mol. The molecule has 6 heteroatoms. The lowest BCUT2D eigenvalue weighted by atomic mass is 10.2. The van der Waals surface area contributed by atoms with Gasteiger partial charge in [0, 0.05) is 25.6 Å². The van der Waals surface area contributed by atoms with Crippen molar-refractivity contribution in [3.63, 3.8) is 0 Å². The van der Waals surface area contributed by atoms with Gasteiger partial charge in [-0.05, 0) is 19.8 Å². The normalized spacial score (nSPS) is 12.4. The van der Waals surface area contributed by atoms with Gasteiger partial charge in [0.2, 0.25) is 0 Å².